The Morgan fingerprint density at radius 1 is 0.833 bits per heavy atom. The molecule has 0 amide bonds. The zero-order valence-corrected chi connectivity index (χ0v) is 12.3. The van der Waals surface area contributed by atoms with Crippen molar-refractivity contribution in [2.24, 2.45) is 7.05 Å². The van der Waals surface area contributed by atoms with E-state index in [-0.39, 0.29) is 0 Å². The van der Waals surface area contributed by atoms with Crippen LogP contribution in [-0.2, 0) is 7.05 Å². The number of hydrogen-bond acceptors (Lipinski definition) is 0. The maximum absolute atomic E-state index is 2.31. The maximum atomic E-state index is 2.31. The van der Waals surface area contributed by atoms with E-state index in [9.17, 15) is 0 Å². The normalized spacial score (nSPS) is 10.8. The van der Waals surface area contributed by atoms with E-state index >= 15 is 0 Å². The zero-order chi connectivity index (χ0) is 13.4. The van der Waals surface area contributed by atoms with Crippen LogP contribution >= 0.6 is 0 Å². The third kappa shape index (κ3) is 2.05. The van der Waals surface area contributed by atoms with E-state index in [1.54, 1.807) is 0 Å². The molecule has 1 nitrogen and oxygen atoms in total. The van der Waals surface area contributed by atoms with Crippen molar-refractivity contribution < 1.29 is 4.57 Å². The second-order valence-corrected chi connectivity index (χ2v) is 5.32. The van der Waals surface area contributed by atoms with Crippen LogP contribution in [0.15, 0.2) is 24.4 Å². The number of aryl methyl sites for hydroxylation is 3. The molecule has 1 heteroatoms. The van der Waals surface area contributed by atoms with Gasteiger partial charge in [-0.1, -0.05) is 0 Å². The monoisotopic (exact) mass is 240 g/mol. The molecule has 18 heavy (non-hydrogen) atoms. The fourth-order valence-corrected chi connectivity index (χ4v) is 2.50. The number of aromatic nitrogens is 1. The quantitative estimate of drug-likeness (QED) is 0.669. The first kappa shape index (κ1) is 12.8. The highest BCUT2D eigenvalue weighted by atomic mass is 14.9. The first-order valence-corrected chi connectivity index (χ1v) is 6.46. The summed E-state index contributed by atoms with van der Waals surface area (Å²) in [6.45, 7) is 11.0. The van der Waals surface area contributed by atoms with Gasteiger partial charge in [-0.15, -0.1) is 0 Å². The SMILES string of the molecule is Cc1ccc(-c2cc(C)c(C)c(C)c2C)[n+](C)c1. The van der Waals surface area contributed by atoms with Crippen molar-refractivity contribution >= 4 is 0 Å². The van der Waals surface area contributed by atoms with Gasteiger partial charge in [-0.3, -0.25) is 0 Å². The van der Waals surface area contributed by atoms with E-state index in [0.717, 1.165) is 0 Å². The van der Waals surface area contributed by atoms with E-state index in [1.165, 1.54) is 39.1 Å². The summed E-state index contributed by atoms with van der Waals surface area (Å²) in [6, 6.07) is 6.70. The van der Waals surface area contributed by atoms with Gasteiger partial charge in [0.2, 0.25) is 5.69 Å². The Morgan fingerprint density at radius 2 is 1.50 bits per heavy atom. The lowest BCUT2D eigenvalue weighted by Crippen LogP contribution is -2.31. The van der Waals surface area contributed by atoms with Crippen molar-refractivity contribution in [3.63, 3.8) is 0 Å². The van der Waals surface area contributed by atoms with Gasteiger partial charge < -0.3 is 0 Å². The van der Waals surface area contributed by atoms with Gasteiger partial charge >= 0.3 is 0 Å². The van der Waals surface area contributed by atoms with Crippen LogP contribution < -0.4 is 4.57 Å². The van der Waals surface area contributed by atoms with Gasteiger partial charge in [0.15, 0.2) is 6.20 Å². The molecule has 2 aromatic rings. The zero-order valence-electron chi connectivity index (χ0n) is 12.3. The Morgan fingerprint density at radius 3 is 2.11 bits per heavy atom. The van der Waals surface area contributed by atoms with Crippen LogP contribution in [0.5, 0.6) is 0 Å². The lowest BCUT2D eigenvalue weighted by Gasteiger charge is -2.13. The van der Waals surface area contributed by atoms with Crippen LogP contribution in [0.1, 0.15) is 27.8 Å². The van der Waals surface area contributed by atoms with Gasteiger partial charge in [-0.05, 0) is 69.0 Å². The molecule has 2 rings (SSSR count). The van der Waals surface area contributed by atoms with Crippen molar-refractivity contribution in [3.05, 3.63) is 52.2 Å². The van der Waals surface area contributed by atoms with E-state index < -0.39 is 0 Å². The van der Waals surface area contributed by atoms with Crippen molar-refractivity contribution in [1.29, 1.82) is 0 Å². The Kier molecular flexibility index (Phi) is 3.25. The molecule has 0 aliphatic rings. The predicted molar refractivity (Wildman–Crippen MR) is 76.7 cm³/mol. The van der Waals surface area contributed by atoms with E-state index in [4.69, 9.17) is 0 Å². The summed E-state index contributed by atoms with van der Waals surface area (Å²) in [5.74, 6) is 0. The third-order valence-electron chi connectivity index (χ3n) is 4.04. The van der Waals surface area contributed by atoms with Gasteiger partial charge in [0.25, 0.3) is 0 Å². The number of rotatable bonds is 1. The molecule has 0 saturated heterocycles. The summed E-state index contributed by atoms with van der Waals surface area (Å²) in [5, 5.41) is 0. The van der Waals surface area contributed by atoms with Crippen molar-refractivity contribution in [2.45, 2.75) is 34.6 Å². The maximum Gasteiger partial charge on any atom is 0.212 e. The molecule has 0 saturated carbocycles. The number of hydrogen-bond donors (Lipinski definition) is 0. The molecule has 0 aliphatic carbocycles. The van der Waals surface area contributed by atoms with E-state index in [2.05, 4.69) is 70.6 Å². The molecule has 0 radical (unpaired) electrons. The highest BCUT2D eigenvalue weighted by Crippen LogP contribution is 2.27. The molecule has 0 N–H and O–H groups in total. The number of nitrogens with zero attached hydrogens (tertiary/aromatic N) is 1. The molecule has 0 fully saturated rings. The Labute approximate surface area is 110 Å². The average Bonchev–Trinajstić information content (AvgIpc) is 2.32. The van der Waals surface area contributed by atoms with Gasteiger partial charge in [0.1, 0.15) is 7.05 Å². The summed E-state index contributed by atoms with van der Waals surface area (Å²) in [4.78, 5) is 0. The molecular formula is C17H22N+. The molecular weight excluding hydrogens is 218 g/mol. The fraction of sp³-hybridized carbons (Fsp3) is 0.353. The minimum Gasteiger partial charge on any atom is -0.201 e. The summed E-state index contributed by atoms with van der Waals surface area (Å²) < 4.78 is 2.21. The highest BCUT2D eigenvalue weighted by Gasteiger charge is 2.15. The summed E-state index contributed by atoms with van der Waals surface area (Å²) in [5.41, 5.74) is 9.49. The minimum absolute atomic E-state index is 1.28. The Hall–Kier alpha value is -1.63. The topological polar surface area (TPSA) is 3.88 Å². The summed E-state index contributed by atoms with van der Waals surface area (Å²) >= 11 is 0. The van der Waals surface area contributed by atoms with Gasteiger partial charge in [-0.25, -0.2) is 4.57 Å². The molecule has 1 aromatic carbocycles. The first-order chi connectivity index (χ1) is 8.41. The molecule has 0 spiro atoms. The molecule has 94 valence electrons. The van der Waals surface area contributed by atoms with Crippen LogP contribution in [0, 0.1) is 34.6 Å². The molecule has 0 unspecified atom stereocenters. The van der Waals surface area contributed by atoms with Crippen molar-refractivity contribution in [1.82, 2.24) is 0 Å². The second-order valence-electron chi connectivity index (χ2n) is 5.32. The molecule has 1 aromatic heterocycles. The summed E-state index contributed by atoms with van der Waals surface area (Å²) in [6.07, 6.45) is 2.18. The van der Waals surface area contributed by atoms with Crippen LogP contribution in [0.3, 0.4) is 0 Å². The van der Waals surface area contributed by atoms with Gasteiger partial charge in [-0.2, -0.15) is 0 Å². The molecule has 1 heterocycles. The largest absolute Gasteiger partial charge is 0.212 e. The summed E-state index contributed by atoms with van der Waals surface area (Å²) in [7, 11) is 2.12. The second kappa shape index (κ2) is 4.56. The number of benzene rings is 1. The van der Waals surface area contributed by atoms with E-state index in [1.807, 2.05) is 0 Å². The van der Waals surface area contributed by atoms with Gasteiger partial charge in [0, 0.05) is 17.2 Å². The van der Waals surface area contributed by atoms with Crippen LogP contribution in [0.4, 0.5) is 0 Å². The highest BCUT2D eigenvalue weighted by molar-refractivity contribution is 5.65. The lowest BCUT2D eigenvalue weighted by molar-refractivity contribution is -0.660. The third-order valence-corrected chi connectivity index (χ3v) is 4.04. The average molecular weight is 240 g/mol. The standard InChI is InChI=1S/C17H22N/c1-11-7-8-17(18(6)10-11)16-9-12(2)13(3)14(4)15(16)5/h7-10H,1-6H3/q+1. The number of pyridine rings is 1. The van der Waals surface area contributed by atoms with Crippen LogP contribution in [-0.4, -0.2) is 0 Å². The molecule has 0 bridgehead atoms. The lowest BCUT2D eigenvalue weighted by atomic mass is 9.92. The minimum atomic E-state index is 1.28. The van der Waals surface area contributed by atoms with Crippen LogP contribution in [0.25, 0.3) is 11.3 Å². The fourth-order valence-electron chi connectivity index (χ4n) is 2.50. The van der Waals surface area contributed by atoms with Crippen molar-refractivity contribution in [2.75, 3.05) is 0 Å². The first-order valence-electron chi connectivity index (χ1n) is 6.46. The molecule has 0 atom stereocenters. The van der Waals surface area contributed by atoms with Crippen LogP contribution in [0.2, 0.25) is 0 Å². The van der Waals surface area contributed by atoms with E-state index in [0.29, 0.717) is 0 Å². The van der Waals surface area contributed by atoms with Gasteiger partial charge in [0.05, 0.1) is 0 Å². The Balaban J connectivity index is 2.72. The Bertz CT molecular complexity index is 609. The predicted octanol–water partition coefficient (Wildman–Crippen LogP) is 3.72. The van der Waals surface area contributed by atoms with Crippen molar-refractivity contribution in [3.8, 4) is 11.3 Å². The molecule has 0 aliphatic heterocycles. The smallest absolute Gasteiger partial charge is 0.201 e.